The third-order valence-electron chi connectivity index (χ3n) is 12.4. The summed E-state index contributed by atoms with van der Waals surface area (Å²) >= 11 is 6.60. The second-order valence-electron chi connectivity index (χ2n) is 17.8. The molecule has 5 aromatic rings. The van der Waals surface area contributed by atoms with E-state index in [4.69, 9.17) is 11.6 Å². The topological polar surface area (TPSA) is 158 Å². The maximum Gasteiger partial charge on any atom is 0.408 e. The van der Waals surface area contributed by atoms with Gasteiger partial charge in [0.05, 0.1) is 38.2 Å². The summed E-state index contributed by atoms with van der Waals surface area (Å²) in [5.74, 6) is -4.70. The van der Waals surface area contributed by atoms with Gasteiger partial charge in [-0.3, -0.25) is 18.9 Å². The van der Waals surface area contributed by atoms with Crippen LogP contribution in [0, 0.1) is 29.4 Å². The number of nitrogens with zero attached hydrogens (tertiary/aromatic N) is 5. The molecular weight excluding hydrogens is 977 g/mol. The van der Waals surface area contributed by atoms with Crippen LogP contribution in [0.1, 0.15) is 106 Å². The smallest absolute Gasteiger partial charge is 0.346 e. The second-order valence-corrected chi connectivity index (χ2v) is 23.0. The van der Waals surface area contributed by atoms with Crippen LogP contribution in [0.2, 0.25) is 5.02 Å². The van der Waals surface area contributed by atoms with Crippen molar-refractivity contribution < 1.29 is 61.1 Å². The Morgan fingerprint density at radius 1 is 0.912 bits per heavy atom. The molecule has 24 heteroatoms. The van der Waals surface area contributed by atoms with Gasteiger partial charge in [0.15, 0.2) is 15.7 Å². The van der Waals surface area contributed by atoms with Crippen LogP contribution < -0.4 is 10.0 Å². The molecule has 364 valence electrons. The zero-order valence-corrected chi connectivity index (χ0v) is 38.7. The Morgan fingerprint density at radius 3 is 2.15 bits per heavy atom. The molecule has 0 radical (unpaired) electrons. The summed E-state index contributed by atoms with van der Waals surface area (Å²) in [7, 11) is -7.95. The molecule has 2 aromatic carbocycles. The number of carbonyl (C=O) groups is 1. The third kappa shape index (κ3) is 9.39. The predicted molar refractivity (Wildman–Crippen MR) is 232 cm³/mol. The number of sulfonamides is 1. The number of amides is 1. The molecule has 2 saturated carbocycles. The van der Waals surface area contributed by atoms with E-state index in [1.807, 2.05) is 0 Å². The lowest BCUT2D eigenvalue weighted by Crippen LogP contribution is -2.35. The highest BCUT2D eigenvalue weighted by molar-refractivity contribution is 7.94. The monoisotopic (exact) mass is 1020 g/mol. The Hall–Kier alpha value is -5.34. The Morgan fingerprint density at radius 2 is 1.54 bits per heavy atom. The molecule has 3 atom stereocenters. The van der Waals surface area contributed by atoms with Crippen LogP contribution in [-0.2, 0) is 50.1 Å². The van der Waals surface area contributed by atoms with E-state index >= 15 is 8.78 Å². The number of anilines is 1. The van der Waals surface area contributed by atoms with E-state index in [0.29, 0.717) is 28.3 Å². The van der Waals surface area contributed by atoms with Gasteiger partial charge in [0.1, 0.15) is 46.6 Å². The van der Waals surface area contributed by atoms with E-state index < -0.39 is 131 Å². The maximum atomic E-state index is 15.8. The summed E-state index contributed by atoms with van der Waals surface area (Å²) in [6.07, 6.45) is -7.42. The fraction of sp³-hybridized carbons (Fsp3) is 0.455. The molecule has 2 N–H and O–H groups in total. The zero-order chi connectivity index (χ0) is 49.6. The van der Waals surface area contributed by atoms with Crippen LogP contribution >= 0.6 is 11.6 Å². The Kier molecular flexibility index (Phi) is 12.5. The van der Waals surface area contributed by atoms with Gasteiger partial charge in [-0.15, -0.1) is 0 Å². The molecule has 0 unspecified atom stereocenters. The Balaban J connectivity index is 1.33. The molecule has 3 aliphatic rings. The van der Waals surface area contributed by atoms with Gasteiger partial charge < -0.3 is 5.32 Å². The lowest BCUT2D eigenvalue weighted by Gasteiger charge is -2.24. The highest BCUT2D eigenvalue weighted by atomic mass is 35.5. The number of aromatic nitrogens is 5. The molecule has 3 heterocycles. The summed E-state index contributed by atoms with van der Waals surface area (Å²) < 4.78 is 187. The van der Waals surface area contributed by atoms with Crippen molar-refractivity contribution in [2.45, 2.75) is 119 Å². The van der Waals surface area contributed by atoms with Crippen molar-refractivity contribution >= 4 is 54.1 Å². The first-order valence-corrected chi connectivity index (χ1v) is 24.6. The van der Waals surface area contributed by atoms with Gasteiger partial charge in [-0.25, -0.2) is 39.4 Å². The van der Waals surface area contributed by atoms with Crippen molar-refractivity contribution in [1.29, 1.82) is 0 Å². The zero-order valence-electron chi connectivity index (χ0n) is 36.3. The molecule has 2 fully saturated rings. The molecule has 0 saturated heterocycles. The van der Waals surface area contributed by atoms with E-state index in [2.05, 4.69) is 37.1 Å². The minimum absolute atomic E-state index is 0.127. The number of sulfone groups is 1. The standard InChI is InChI=1S/C44H41ClF9N7O5S2/c1-21-22(2)44(53,54)39-34(21)37(40(48)49)57-60(39)19-33(62)56-32(17-23-15-24(46)18-25(47)16-23)36-29(10-5-26(55-36)13-14-42(3,4)67(63,64)27-6-7-27)30-11-12-31(45)35-38(30)61(20-43(50,51)52)58-41(35)59-68(65,66)28-8-9-28/h5,10-12,15-16,18,21-22,27-28,32,40H,6-9,17,19-20H2,1-4H3,(H,56,62)(H,58,59)/t21-,22+,32-/m0/s1. The summed E-state index contributed by atoms with van der Waals surface area (Å²) in [4.78, 5) is 18.9. The number of alkyl halides is 7. The van der Waals surface area contributed by atoms with Gasteiger partial charge in [0.2, 0.25) is 15.9 Å². The van der Waals surface area contributed by atoms with Crippen molar-refractivity contribution in [2.24, 2.45) is 5.92 Å². The fourth-order valence-corrected chi connectivity index (χ4v) is 11.8. The van der Waals surface area contributed by atoms with Crippen molar-refractivity contribution in [3.63, 3.8) is 0 Å². The fourth-order valence-electron chi connectivity index (χ4n) is 8.48. The molecule has 3 aliphatic carbocycles. The van der Waals surface area contributed by atoms with Gasteiger partial charge in [0, 0.05) is 28.7 Å². The normalized spacial score (nSPS) is 18.9. The first kappa shape index (κ1) is 49.1. The molecule has 68 heavy (non-hydrogen) atoms. The Bertz CT molecular complexity index is 3140. The maximum absolute atomic E-state index is 15.8. The third-order valence-corrected chi connectivity index (χ3v) is 17.4. The minimum Gasteiger partial charge on any atom is -0.346 e. The van der Waals surface area contributed by atoms with E-state index in [1.54, 1.807) is 0 Å². The van der Waals surface area contributed by atoms with Gasteiger partial charge >= 0.3 is 6.18 Å². The first-order valence-electron chi connectivity index (χ1n) is 21.2. The summed E-state index contributed by atoms with van der Waals surface area (Å²) in [5.41, 5.74) is -3.58. The number of benzene rings is 2. The van der Waals surface area contributed by atoms with E-state index in [1.165, 1.54) is 45.0 Å². The van der Waals surface area contributed by atoms with Crippen molar-refractivity contribution in [3.05, 3.63) is 93.0 Å². The highest BCUT2D eigenvalue weighted by Crippen LogP contribution is 2.54. The van der Waals surface area contributed by atoms with Crippen LogP contribution in [0.25, 0.3) is 22.0 Å². The van der Waals surface area contributed by atoms with Crippen LogP contribution in [-0.4, -0.2) is 68.7 Å². The van der Waals surface area contributed by atoms with Crippen molar-refractivity contribution in [3.8, 4) is 23.0 Å². The quantitative estimate of drug-likeness (QED) is 0.0824. The number of rotatable bonds is 14. The Labute approximate surface area is 389 Å². The van der Waals surface area contributed by atoms with Crippen LogP contribution in [0.15, 0.2) is 42.5 Å². The second kappa shape index (κ2) is 17.3. The van der Waals surface area contributed by atoms with E-state index in [9.17, 15) is 52.4 Å². The van der Waals surface area contributed by atoms with Gasteiger partial charge in [0.25, 0.3) is 12.3 Å². The molecule has 0 bridgehead atoms. The van der Waals surface area contributed by atoms with Gasteiger partial charge in [-0.2, -0.15) is 32.1 Å². The van der Waals surface area contributed by atoms with Crippen LogP contribution in [0.4, 0.5) is 45.3 Å². The van der Waals surface area contributed by atoms with Crippen molar-refractivity contribution in [1.82, 2.24) is 29.9 Å². The number of pyridine rings is 1. The molecule has 12 nitrogen and oxygen atoms in total. The SMILES string of the molecule is C[C@@H]1c2c(C(F)F)nn(CC(=O)N[C@@H](Cc3cc(F)cc(F)c3)c3nc(C#CC(C)(C)S(=O)(=O)C4CC4)ccc3-c3ccc(Cl)c4c(NS(=O)(=O)C5CC5)nn(CC(F)(F)F)c34)c2C(F)(F)[C@@H]1C. The molecule has 8 rings (SSSR count). The van der Waals surface area contributed by atoms with Crippen LogP contribution in [0.5, 0.6) is 0 Å². The largest absolute Gasteiger partial charge is 0.408 e. The average molecular weight is 1020 g/mol. The molecule has 0 aliphatic heterocycles. The molecule has 1 amide bonds. The summed E-state index contributed by atoms with van der Waals surface area (Å²) in [5, 5.41) is 8.28. The van der Waals surface area contributed by atoms with Crippen LogP contribution in [0.3, 0.4) is 0 Å². The number of carbonyl (C=O) groups excluding carboxylic acids is 1. The predicted octanol–water partition coefficient (Wildman–Crippen LogP) is 9.28. The molecular formula is C44H41ClF9N7O5S2. The number of fused-ring (bicyclic) bond motifs is 2. The average Bonchev–Trinajstić information content (AvgIpc) is 4.17. The van der Waals surface area contributed by atoms with Gasteiger partial charge in [-0.05, 0) is 93.7 Å². The van der Waals surface area contributed by atoms with Crippen molar-refractivity contribution in [2.75, 3.05) is 4.72 Å². The number of nitrogens with one attached hydrogen (secondary N) is 2. The summed E-state index contributed by atoms with van der Waals surface area (Å²) in [6.45, 7) is 2.35. The number of halogens is 10. The number of hydrogen-bond acceptors (Lipinski definition) is 8. The lowest BCUT2D eigenvalue weighted by atomic mass is 9.93. The lowest BCUT2D eigenvalue weighted by molar-refractivity contribution is -0.141. The first-order chi connectivity index (χ1) is 31.6. The molecule has 0 spiro atoms. The number of hydrogen-bond donors (Lipinski definition) is 2. The van der Waals surface area contributed by atoms with E-state index in [0.717, 1.165) is 19.1 Å². The summed E-state index contributed by atoms with van der Waals surface area (Å²) in [6, 6.07) is 5.76. The van der Waals surface area contributed by atoms with E-state index in [-0.39, 0.29) is 56.8 Å². The highest BCUT2D eigenvalue weighted by Gasteiger charge is 2.55. The minimum atomic E-state index is -4.96. The molecule has 3 aromatic heterocycles. The van der Waals surface area contributed by atoms with Gasteiger partial charge in [-0.1, -0.05) is 37.4 Å².